The molecule has 0 atom stereocenters. The molecular weight excluding hydrogens is 552 g/mol. The number of hydrogen-bond acceptors (Lipinski definition) is 8. The maximum absolute atomic E-state index is 12.8. The van der Waals surface area contributed by atoms with Gasteiger partial charge in [-0.15, -0.1) is 0 Å². The molecule has 0 fully saturated rings. The van der Waals surface area contributed by atoms with Crippen LogP contribution in [0.4, 0.5) is 0 Å². The predicted octanol–water partition coefficient (Wildman–Crippen LogP) is 4.71. The van der Waals surface area contributed by atoms with Gasteiger partial charge in [-0.3, -0.25) is 4.79 Å². The monoisotopic (exact) mass is 576 g/mol. The van der Waals surface area contributed by atoms with Crippen molar-refractivity contribution in [3.05, 3.63) is 75.8 Å². The van der Waals surface area contributed by atoms with Crippen molar-refractivity contribution in [2.24, 2.45) is 5.10 Å². The number of carbonyl (C=O) groups excluding carboxylic acids is 1. The van der Waals surface area contributed by atoms with Gasteiger partial charge in [-0.1, -0.05) is 17.7 Å². The number of hydrazone groups is 1. The Labute approximate surface area is 218 Å². The Balaban J connectivity index is 1.80. The van der Waals surface area contributed by atoms with Crippen molar-refractivity contribution >= 4 is 38.2 Å². The SMILES string of the molecule is CCOc1cc(/C=N/NC(=O)c2ccc(OC)c(OC)c2)cc(Br)c1OS(=O)(=O)c1ccc(C)cc1. The van der Waals surface area contributed by atoms with Crippen LogP contribution in [0.25, 0.3) is 0 Å². The number of ether oxygens (including phenoxy) is 3. The Morgan fingerprint density at radius 2 is 1.69 bits per heavy atom. The summed E-state index contributed by atoms with van der Waals surface area (Å²) in [5.41, 5.74) is 4.21. The zero-order chi connectivity index (χ0) is 26.3. The number of nitrogens with one attached hydrogen (secondary N) is 1. The first kappa shape index (κ1) is 27.0. The summed E-state index contributed by atoms with van der Waals surface area (Å²) in [7, 11) is -1.11. The van der Waals surface area contributed by atoms with Gasteiger partial charge in [0.15, 0.2) is 23.0 Å². The molecule has 190 valence electrons. The van der Waals surface area contributed by atoms with Crippen molar-refractivity contribution in [2.75, 3.05) is 20.8 Å². The second kappa shape index (κ2) is 11.9. The van der Waals surface area contributed by atoms with Gasteiger partial charge in [0.2, 0.25) is 0 Å². The van der Waals surface area contributed by atoms with Crippen molar-refractivity contribution in [1.82, 2.24) is 5.43 Å². The minimum Gasteiger partial charge on any atom is -0.493 e. The zero-order valence-electron chi connectivity index (χ0n) is 20.1. The molecule has 0 radical (unpaired) electrons. The summed E-state index contributed by atoms with van der Waals surface area (Å²) in [5, 5.41) is 3.99. The fourth-order valence-corrected chi connectivity index (χ4v) is 4.68. The molecule has 0 unspecified atom stereocenters. The number of methoxy groups -OCH3 is 2. The van der Waals surface area contributed by atoms with Crippen molar-refractivity contribution in [3.8, 4) is 23.0 Å². The van der Waals surface area contributed by atoms with Gasteiger partial charge in [-0.2, -0.15) is 13.5 Å². The van der Waals surface area contributed by atoms with Gasteiger partial charge in [-0.25, -0.2) is 5.43 Å². The van der Waals surface area contributed by atoms with E-state index in [2.05, 4.69) is 26.5 Å². The van der Waals surface area contributed by atoms with Crippen LogP contribution in [0.2, 0.25) is 0 Å². The van der Waals surface area contributed by atoms with Crippen LogP contribution >= 0.6 is 15.9 Å². The summed E-state index contributed by atoms with van der Waals surface area (Å²) in [4.78, 5) is 12.5. The molecule has 1 N–H and O–H groups in total. The van der Waals surface area contributed by atoms with Gasteiger partial charge < -0.3 is 18.4 Å². The third-order valence-electron chi connectivity index (χ3n) is 4.86. The average molecular weight is 577 g/mol. The number of halogens is 1. The van der Waals surface area contributed by atoms with Crippen LogP contribution in [-0.4, -0.2) is 41.4 Å². The van der Waals surface area contributed by atoms with E-state index >= 15 is 0 Å². The fourth-order valence-electron chi connectivity index (χ4n) is 3.08. The number of nitrogens with zero attached hydrogens (tertiary/aromatic N) is 1. The average Bonchev–Trinajstić information content (AvgIpc) is 2.86. The lowest BCUT2D eigenvalue weighted by Crippen LogP contribution is -2.17. The Morgan fingerprint density at radius 3 is 2.33 bits per heavy atom. The molecule has 0 aliphatic rings. The highest BCUT2D eigenvalue weighted by Crippen LogP contribution is 2.38. The van der Waals surface area contributed by atoms with Crippen LogP contribution in [0.5, 0.6) is 23.0 Å². The Hall–Kier alpha value is -3.57. The van der Waals surface area contributed by atoms with Crippen LogP contribution in [0.1, 0.15) is 28.4 Å². The van der Waals surface area contributed by atoms with Gasteiger partial charge >= 0.3 is 10.1 Å². The number of benzene rings is 3. The van der Waals surface area contributed by atoms with Crippen molar-refractivity contribution in [2.45, 2.75) is 18.7 Å². The van der Waals surface area contributed by atoms with E-state index in [0.29, 0.717) is 27.1 Å². The van der Waals surface area contributed by atoms with Crippen LogP contribution in [0.15, 0.2) is 69.1 Å². The van der Waals surface area contributed by atoms with Crippen LogP contribution in [0, 0.1) is 6.92 Å². The molecule has 3 rings (SSSR count). The fraction of sp³-hybridized carbons (Fsp3) is 0.200. The molecule has 11 heteroatoms. The summed E-state index contributed by atoms with van der Waals surface area (Å²) < 4.78 is 47.3. The van der Waals surface area contributed by atoms with Gasteiger partial charge in [0.25, 0.3) is 5.91 Å². The minimum absolute atomic E-state index is 0.00365. The second-order valence-electron chi connectivity index (χ2n) is 7.38. The number of aryl methyl sites for hydroxylation is 1. The quantitative estimate of drug-likeness (QED) is 0.211. The molecule has 0 aromatic heterocycles. The van der Waals surface area contributed by atoms with Gasteiger partial charge in [0, 0.05) is 5.56 Å². The van der Waals surface area contributed by atoms with Crippen molar-refractivity contribution in [3.63, 3.8) is 0 Å². The molecule has 0 heterocycles. The highest BCUT2D eigenvalue weighted by Gasteiger charge is 2.22. The first-order valence-electron chi connectivity index (χ1n) is 10.7. The van der Waals surface area contributed by atoms with E-state index < -0.39 is 16.0 Å². The van der Waals surface area contributed by atoms with Gasteiger partial charge in [0.05, 0.1) is 31.5 Å². The molecule has 3 aromatic carbocycles. The molecule has 0 aliphatic carbocycles. The van der Waals surface area contributed by atoms with E-state index in [1.807, 2.05) is 6.92 Å². The third-order valence-corrected chi connectivity index (χ3v) is 6.68. The number of amides is 1. The first-order chi connectivity index (χ1) is 17.2. The summed E-state index contributed by atoms with van der Waals surface area (Å²) in [6.45, 7) is 3.89. The maximum Gasteiger partial charge on any atom is 0.339 e. The third kappa shape index (κ3) is 6.55. The maximum atomic E-state index is 12.8. The van der Waals surface area contributed by atoms with Crippen LogP contribution in [-0.2, 0) is 10.1 Å². The molecule has 36 heavy (non-hydrogen) atoms. The Bertz CT molecular complexity index is 1370. The normalized spacial score (nSPS) is 11.2. The molecule has 0 bridgehead atoms. The van der Waals surface area contributed by atoms with Gasteiger partial charge in [-0.05, 0) is 77.8 Å². The lowest BCUT2D eigenvalue weighted by Gasteiger charge is -2.14. The molecule has 9 nitrogen and oxygen atoms in total. The predicted molar refractivity (Wildman–Crippen MR) is 139 cm³/mol. The van der Waals surface area contributed by atoms with E-state index in [1.165, 1.54) is 38.6 Å². The van der Waals surface area contributed by atoms with Crippen LogP contribution < -0.4 is 23.8 Å². The largest absolute Gasteiger partial charge is 0.493 e. The Kier molecular flexibility index (Phi) is 8.94. The summed E-state index contributed by atoms with van der Waals surface area (Å²) in [6, 6.07) is 14.2. The molecule has 0 saturated heterocycles. The van der Waals surface area contributed by atoms with Crippen molar-refractivity contribution < 1.29 is 31.6 Å². The van der Waals surface area contributed by atoms with Crippen LogP contribution in [0.3, 0.4) is 0 Å². The standard InChI is InChI=1S/C25H25BrN2O7S/c1-5-34-23-13-17(15-27-28-25(29)18-8-11-21(32-3)22(14-18)33-4)12-20(26)24(23)35-36(30,31)19-9-6-16(2)7-10-19/h6-15H,5H2,1-4H3,(H,28,29)/b27-15+. The van der Waals surface area contributed by atoms with E-state index in [0.717, 1.165) is 5.56 Å². The van der Waals surface area contributed by atoms with E-state index in [1.54, 1.807) is 43.3 Å². The molecule has 0 saturated carbocycles. The summed E-state index contributed by atoms with van der Waals surface area (Å²) in [5.74, 6) is 0.646. The summed E-state index contributed by atoms with van der Waals surface area (Å²) in [6.07, 6.45) is 1.39. The molecule has 0 spiro atoms. The lowest BCUT2D eigenvalue weighted by atomic mass is 10.2. The van der Waals surface area contributed by atoms with Gasteiger partial charge in [0.1, 0.15) is 4.90 Å². The highest BCUT2D eigenvalue weighted by atomic mass is 79.9. The molecular formula is C25H25BrN2O7S. The number of hydrogen-bond donors (Lipinski definition) is 1. The second-order valence-corrected chi connectivity index (χ2v) is 9.78. The smallest absolute Gasteiger partial charge is 0.339 e. The molecule has 0 aliphatic heterocycles. The number of rotatable bonds is 10. The first-order valence-corrected chi connectivity index (χ1v) is 12.9. The minimum atomic E-state index is -4.10. The van der Waals surface area contributed by atoms with Crippen molar-refractivity contribution in [1.29, 1.82) is 0 Å². The molecule has 1 amide bonds. The topological polar surface area (TPSA) is 113 Å². The number of carbonyl (C=O) groups is 1. The zero-order valence-corrected chi connectivity index (χ0v) is 22.5. The molecule has 3 aromatic rings. The van der Waals surface area contributed by atoms with E-state index in [9.17, 15) is 13.2 Å². The Morgan fingerprint density at radius 1 is 1.00 bits per heavy atom. The lowest BCUT2D eigenvalue weighted by molar-refractivity contribution is 0.0954. The highest BCUT2D eigenvalue weighted by molar-refractivity contribution is 9.10. The van der Waals surface area contributed by atoms with E-state index in [4.69, 9.17) is 18.4 Å². The van der Waals surface area contributed by atoms with E-state index in [-0.39, 0.29) is 23.0 Å². The summed E-state index contributed by atoms with van der Waals surface area (Å²) >= 11 is 3.35.